The van der Waals surface area contributed by atoms with Crippen LogP contribution in [0.1, 0.15) is 44.5 Å². The summed E-state index contributed by atoms with van der Waals surface area (Å²) >= 11 is 1.44. The van der Waals surface area contributed by atoms with Gasteiger partial charge in [-0.15, -0.1) is 11.3 Å². The van der Waals surface area contributed by atoms with Crippen LogP contribution < -0.4 is 15.2 Å². The van der Waals surface area contributed by atoms with Crippen LogP contribution in [-0.4, -0.2) is 39.0 Å². The molecule has 1 N–H and O–H groups in total. The van der Waals surface area contributed by atoms with Gasteiger partial charge in [-0.05, 0) is 59.4 Å². The molecule has 0 aliphatic rings. The van der Waals surface area contributed by atoms with Gasteiger partial charge in [0.1, 0.15) is 5.01 Å². The Morgan fingerprint density at radius 3 is 2.09 bits per heavy atom. The van der Waals surface area contributed by atoms with E-state index in [0.717, 1.165) is 28.2 Å². The van der Waals surface area contributed by atoms with E-state index in [4.69, 9.17) is 4.43 Å². The number of hydrogen-bond donors (Lipinski definition) is 1. The van der Waals surface area contributed by atoms with Crippen molar-refractivity contribution in [2.24, 2.45) is 5.10 Å². The molecule has 0 aliphatic heterocycles. The summed E-state index contributed by atoms with van der Waals surface area (Å²) in [6.07, 6.45) is 2.61. The van der Waals surface area contributed by atoms with Gasteiger partial charge in [-0.25, -0.2) is 4.98 Å². The Hall–Kier alpha value is -3.96. The highest BCUT2D eigenvalue weighted by Crippen LogP contribution is 2.36. The second-order valence-electron chi connectivity index (χ2n) is 12.0. The molecule has 5 aromatic rings. The monoisotopic (exact) mass is 654 g/mol. The number of sulfonamides is 1. The molecule has 0 fully saturated rings. The molecule has 0 atom stereocenters. The van der Waals surface area contributed by atoms with Gasteiger partial charge in [-0.1, -0.05) is 105 Å². The van der Waals surface area contributed by atoms with E-state index in [2.05, 4.69) is 107 Å². The van der Waals surface area contributed by atoms with Gasteiger partial charge in [0.05, 0.1) is 22.0 Å². The van der Waals surface area contributed by atoms with E-state index in [1.807, 2.05) is 24.6 Å². The number of thiazole rings is 1. The molecule has 45 heavy (non-hydrogen) atoms. The largest absolute Gasteiger partial charge is 0.407 e. The number of benzene rings is 3. The number of nitrogens with zero attached hydrogens (tertiary/aromatic N) is 3. The van der Waals surface area contributed by atoms with Gasteiger partial charge in [0.15, 0.2) is 0 Å². The van der Waals surface area contributed by atoms with Crippen LogP contribution in [0, 0.1) is 6.92 Å². The standard InChI is InChI=1S/C35H38N4O3S2Si/c1-26-16-19-29(20-17-26)44(40,41)39-38-27(2)33-25-43-34(37-33)32-21-18-28(24-36-32)22-23-42-45(35(3,4)5,30-12-8-6-9-13-30)31-14-10-7-11-15-31/h6-21,24-25,39H,22-23H2,1-5H3/b38-27-. The molecule has 0 amide bonds. The number of nitrogens with one attached hydrogen (secondary N) is 1. The van der Waals surface area contributed by atoms with Crippen molar-refractivity contribution in [3.63, 3.8) is 0 Å². The quantitative estimate of drug-likeness (QED) is 0.102. The lowest BCUT2D eigenvalue weighted by molar-refractivity contribution is 0.301. The fraction of sp³-hybridized carbons (Fsp3) is 0.229. The van der Waals surface area contributed by atoms with Crippen molar-refractivity contribution in [1.29, 1.82) is 0 Å². The lowest BCUT2D eigenvalue weighted by Gasteiger charge is -2.43. The van der Waals surface area contributed by atoms with Crippen molar-refractivity contribution in [2.75, 3.05) is 6.61 Å². The van der Waals surface area contributed by atoms with Crippen LogP contribution in [0.2, 0.25) is 5.04 Å². The first kappa shape index (κ1) is 32.4. The second-order valence-corrected chi connectivity index (χ2v) is 18.8. The molecule has 0 saturated carbocycles. The first-order chi connectivity index (χ1) is 21.5. The number of hydrazone groups is 1. The van der Waals surface area contributed by atoms with Gasteiger partial charge in [-0.2, -0.15) is 18.4 Å². The molecule has 0 unspecified atom stereocenters. The molecule has 5 rings (SSSR count). The number of aryl methyl sites for hydroxylation is 1. The lowest BCUT2D eigenvalue weighted by atomic mass is 10.2. The predicted octanol–water partition coefficient (Wildman–Crippen LogP) is 6.34. The summed E-state index contributed by atoms with van der Waals surface area (Å²) in [4.78, 5) is 11.8. The minimum absolute atomic E-state index is 0.0812. The highest BCUT2D eigenvalue weighted by molar-refractivity contribution is 7.89. The molecular formula is C35H38N4O3S2Si. The van der Waals surface area contributed by atoms with Gasteiger partial charge in [0.25, 0.3) is 18.3 Å². The fourth-order valence-corrected chi connectivity index (χ4v) is 11.6. The van der Waals surface area contributed by atoms with Gasteiger partial charge < -0.3 is 4.43 Å². The van der Waals surface area contributed by atoms with E-state index in [1.54, 1.807) is 31.2 Å². The first-order valence-corrected chi connectivity index (χ1v) is 19.1. The van der Waals surface area contributed by atoms with Crippen LogP contribution in [0.4, 0.5) is 0 Å². The molecule has 3 aromatic carbocycles. The zero-order chi connectivity index (χ0) is 32.1. The molecule has 0 spiro atoms. The first-order valence-electron chi connectivity index (χ1n) is 14.8. The van der Waals surface area contributed by atoms with E-state index in [1.165, 1.54) is 21.7 Å². The normalized spacial score (nSPS) is 12.7. The van der Waals surface area contributed by atoms with Crippen molar-refractivity contribution in [2.45, 2.75) is 51.0 Å². The summed E-state index contributed by atoms with van der Waals surface area (Å²) in [5.74, 6) is 0. The molecule has 0 radical (unpaired) electrons. The number of aromatic nitrogens is 2. The maximum absolute atomic E-state index is 12.6. The molecule has 0 saturated heterocycles. The summed E-state index contributed by atoms with van der Waals surface area (Å²) in [5, 5.41) is 9.12. The van der Waals surface area contributed by atoms with Gasteiger partial charge in [-0.3, -0.25) is 4.98 Å². The molecule has 0 aliphatic carbocycles. The Kier molecular flexibility index (Phi) is 9.78. The average molecular weight is 655 g/mol. The van der Waals surface area contributed by atoms with Crippen molar-refractivity contribution in [3.8, 4) is 10.7 Å². The zero-order valence-corrected chi connectivity index (χ0v) is 28.8. The van der Waals surface area contributed by atoms with Crippen LogP contribution in [0.3, 0.4) is 0 Å². The third-order valence-electron chi connectivity index (χ3n) is 7.71. The van der Waals surface area contributed by atoms with Gasteiger partial charge >= 0.3 is 0 Å². The Labute approximate surface area is 271 Å². The van der Waals surface area contributed by atoms with E-state index >= 15 is 0 Å². The van der Waals surface area contributed by atoms with Gasteiger partial charge in [0, 0.05) is 18.2 Å². The fourth-order valence-electron chi connectivity index (χ4n) is 5.30. The van der Waals surface area contributed by atoms with Crippen molar-refractivity contribution < 1.29 is 12.8 Å². The molecule has 0 bridgehead atoms. The highest BCUT2D eigenvalue weighted by atomic mass is 32.2. The maximum Gasteiger partial charge on any atom is 0.276 e. The van der Waals surface area contributed by atoms with Gasteiger partial charge in [0.2, 0.25) is 0 Å². The molecule has 7 nitrogen and oxygen atoms in total. The number of rotatable bonds is 11. The Balaban J connectivity index is 1.27. The van der Waals surface area contributed by atoms with Crippen LogP contribution in [0.25, 0.3) is 10.7 Å². The molecule has 2 heterocycles. The zero-order valence-electron chi connectivity index (χ0n) is 26.2. The average Bonchev–Trinajstić information content (AvgIpc) is 3.53. The molecule has 10 heteroatoms. The summed E-state index contributed by atoms with van der Waals surface area (Å²) in [6, 6.07) is 31.9. The van der Waals surface area contributed by atoms with Crippen molar-refractivity contribution >= 4 is 45.8 Å². The SMILES string of the molecule is C/C(=N/NS(=O)(=O)c1ccc(C)cc1)c1csc(-c2ccc(CCO[Si](c3ccccc3)(c3ccccc3)C(C)(C)C)cn2)n1. The van der Waals surface area contributed by atoms with Crippen LogP contribution in [-0.2, 0) is 20.9 Å². The lowest BCUT2D eigenvalue weighted by Crippen LogP contribution is -2.66. The van der Waals surface area contributed by atoms with E-state index in [9.17, 15) is 8.42 Å². The predicted molar refractivity (Wildman–Crippen MR) is 186 cm³/mol. The van der Waals surface area contributed by atoms with E-state index in [-0.39, 0.29) is 9.93 Å². The second kappa shape index (κ2) is 13.6. The molecule has 2 aromatic heterocycles. The number of hydrogen-bond acceptors (Lipinski definition) is 7. The highest BCUT2D eigenvalue weighted by Gasteiger charge is 2.49. The van der Waals surface area contributed by atoms with Crippen LogP contribution in [0.15, 0.2) is 119 Å². The third kappa shape index (κ3) is 7.31. The summed E-state index contributed by atoms with van der Waals surface area (Å²) in [5.41, 5.74) is 3.86. The third-order valence-corrected chi connectivity index (χ3v) is 14.8. The van der Waals surface area contributed by atoms with Crippen LogP contribution >= 0.6 is 11.3 Å². The smallest absolute Gasteiger partial charge is 0.276 e. The summed E-state index contributed by atoms with van der Waals surface area (Å²) < 4.78 is 32.3. The van der Waals surface area contributed by atoms with Crippen molar-refractivity contribution in [3.05, 3.63) is 125 Å². The van der Waals surface area contributed by atoms with E-state index < -0.39 is 18.3 Å². The molecular weight excluding hydrogens is 617 g/mol. The topological polar surface area (TPSA) is 93.5 Å². The maximum atomic E-state index is 12.6. The Bertz CT molecular complexity index is 1810. The summed E-state index contributed by atoms with van der Waals surface area (Å²) in [7, 11) is -6.37. The van der Waals surface area contributed by atoms with E-state index in [0.29, 0.717) is 18.0 Å². The Morgan fingerprint density at radius 1 is 0.911 bits per heavy atom. The number of pyridine rings is 1. The Morgan fingerprint density at radius 2 is 1.53 bits per heavy atom. The molecule has 232 valence electrons. The van der Waals surface area contributed by atoms with Crippen molar-refractivity contribution in [1.82, 2.24) is 14.8 Å². The minimum atomic E-state index is -3.77. The summed E-state index contributed by atoms with van der Waals surface area (Å²) in [6.45, 7) is 11.0. The minimum Gasteiger partial charge on any atom is -0.407 e. The van der Waals surface area contributed by atoms with Crippen LogP contribution in [0.5, 0.6) is 0 Å².